The number of hydrogen-bond donors (Lipinski definition) is 2. The molecule has 1 atom stereocenters. The predicted octanol–water partition coefficient (Wildman–Crippen LogP) is 3.08. The van der Waals surface area contributed by atoms with Gasteiger partial charge in [-0.25, -0.2) is 9.78 Å². The van der Waals surface area contributed by atoms with E-state index in [0.29, 0.717) is 17.1 Å². The molecule has 0 aromatic carbocycles. The Balaban J connectivity index is 2.43. The third-order valence-corrected chi connectivity index (χ3v) is 3.04. The predicted molar refractivity (Wildman–Crippen MR) is 66.2 cm³/mol. The summed E-state index contributed by atoms with van der Waals surface area (Å²) in [7, 11) is 0. The van der Waals surface area contributed by atoms with Crippen LogP contribution in [0.2, 0.25) is 0 Å². The number of nitrogens with zero attached hydrogens (tertiary/aromatic N) is 1. The molecule has 0 radical (unpaired) electrons. The van der Waals surface area contributed by atoms with E-state index < -0.39 is 5.97 Å². The highest BCUT2D eigenvalue weighted by atomic mass is 32.1. The van der Waals surface area contributed by atoms with Crippen LogP contribution < -0.4 is 5.32 Å². The number of rotatable bonds is 6. The normalized spacial score (nSPS) is 12.8. The number of nitrogens with one attached hydrogen (secondary N) is 1. The van der Waals surface area contributed by atoms with Crippen LogP contribution in [0.3, 0.4) is 0 Å². The topological polar surface area (TPSA) is 62.2 Å². The Hall–Kier alpha value is -1.10. The molecule has 0 amide bonds. The molecule has 0 fully saturated rings. The Morgan fingerprint density at radius 1 is 1.50 bits per heavy atom. The Morgan fingerprint density at radius 3 is 2.69 bits per heavy atom. The van der Waals surface area contributed by atoms with Crippen LogP contribution in [0.4, 0.5) is 5.13 Å². The Labute approximate surface area is 99.7 Å². The van der Waals surface area contributed by atoms with Gasteiger partial charge in [-0.1, -0.05) is 13.8 Å². The molecule has 0 saturated carbocycles. The zero-order chi connectivity index (χ0) is 12.1. The van der Waals surface area contributed by atoms with Crippen molar-refractivity contribution in [1.29, 1.82) is 0 Å². The van der Waals surface area contributed by atoms with Crippen molar-refractivity contribution in [3.63, 3.8) is 0 Å². The number of thiazole rings is 1. The van der Waals surface area contributed by atoms with Crippen molar-refractivity contribution in [2.24, 2.45) is 5.92 Å². The summed E-state index contributed by atoms with van der Waals surface area (Å²) in [6.45, 7) is 6.47. The minimum atomic E-state index is -0.973. The summed E-state index contributed by atoms with van der Waals surface area (Å²) in [6.07, 6.45) is 2.23. The van der Waals surface area contributed by atoms with Crippen LogP contribution in [0.1, 0.15) is 44.1 Å². The summed E-state index contributed by atoms with van der Waals surface area (Å²) >= 11 is 1.34. The Morgan fingerprint density at radius 2 is 2.19 bits per heavy atom. The van der Waals surface area contributed by atoms with E-state index >= 15 is 0 Å². The highest BCUT2D eigenvalue weighted by Crippen LogP contribution is 2.18. The standard InChI is InChI=1S/C11H18N2O2S/c1-7(2)4-5-8(3)12-11-13-9(6-16-11)10(14)15/h6-8H,4-5H2,1-3H3,(H,12,13)(H,14,15). The van der Waals surface area contributed by atoms with Crippen molar-refractivity contribution in [3.05, 3.63) is 11.1 Å². The maximum absolute atomic E-state index is 10.6. The van der Waals surface area contributed by atoms with Gasteiger partial charge in [-0.2, -0.15) is 0 Å². The van der Waals surface area contributed by atoms with Gasteiger partial charge in [-0.05, 0) is 25.7 Å². The summed E-state index contributed by atoms with van der Waals surface area (Å²) in [5.41, 5.74) is 0.114. The first-order valence-corrected chi connectivity index (χ1v) is 6.32. The second kappa shape index (κ2) is 5.84. The van der Waals surface area contributed by atoms with Gasteiger partial charge in [0.1, 0.15) is 0 Å². The number of carboxylic acid groups (broad SMARTS) is 1. The smallest absolute Gasteiger partial charge is 0.355 e. The highest BCUT2D eigenvalue weighted by Gasteiger charge is 2.10. The first kappa shape index (κ1) is 13.0. The van der Waals surface area contributed by atoms with Crippen LogP contribution in [-0.4, -0.2) is 22.1 Å². The van der Waals surface area contributed by atoms with Gasteiger partial charge < -0.3 is 10.4 Å². The molecule has 1 aromatic rings. The lowest BCUT2D eigenvalue weighted by Crippen LogP contribution is -2.15. The maximum Gasteiger partial charge on any atom is 0.355 e. The largest absolute Gasteiger partial charge is 0.476 e. The van der Waals surface area contributed by atoms with Gasteiger partial charge in [0, 0.05) is 11.4 Å². The third kappa shape index (κ3) is 4.18. The van der Waals surface area contributed by atoms with Gasteiger partial charge in [-0.15, -0.1) is 11.3 Å². The average Bonchev–Trinajstić information content (AvgIpc) is 2.63. The van der Waals surface area contributed by atoms with Crippen LogP contribution in [0.15, 0.2) is 5.38 Å². The van der Waals surface area contributed by atoms with Crippen molar-refractivity contribution in [1.82, 2.24) is 4.98 Å². The molecule has 1 rings (SSSR count). The quantitative estimate of drug-likeness (QED) is 0.804. The number of hydrogen-bond acceptors (Lipinski definition) is 4. The van der Waals surface area contributed by atoms with Gasteiger partial charge in [0.05, 0.1) is 0 Å². The average molecular weight is 242 g/mol. The molecular formula is C11H18N2O2S. The number of aromatic nitrogens is 1. The van der Waals surface area contributed by atoms with Crippen LogP contribution in [0.25, 0.3) is 0 Å². The fraction of sp³-hybridized carbons (Fsp3) is 0.636. The molecule has 0 spiro atoms. The van der Waals surface area contributed by atoms with Gasteiger partial charge in [0.15, 0.2) is 10.8 Å². The first-order valence-electron chi connectivity index (χ1n) is 5.44. The van der Waals surface area contributed by atoms with Crippen molar-refractivity contribution in [2.45, 2.75) is 39.7 Å². The van der Waals surface area contributed by atoms with Crippen LogP contribution in [0.5, 0.6) is 0 Å². The van der Waals surface area contributed by atoms with Gasteiger partial charge in [0.25, 0.3) is 0 Å². The van der Waals surface area contributed by atoms with E-state index in [1.165, 1.54) is 11.3 Å². The number of carboxylic acids is 1. The van der Waals surface area contributed by atoms with Crippen LogP contribution in [0, 0.1) is 5.92 Å². The van der Waals surface area contributed by atoms with Crippen LogP contribution in [-0.2, 0) is 0 Å². The van der Waals surface area contributed by atoms with Crippen molar-refractivity contribution >= 4 is 22.4 Å². The molecule has 1 unspecified atom stereocenters. The molecule has 4 nitrogen and oxygen atoms in total. The molecule has 16 heavy (non-hydrogen) atoms. The van der Waals surface area contributed by atoms with E-state index in [2.05, 4.69) is 31.1 Å². The molecule has 90 valence electrons. The van der Waals surface area contributed by atoms with E-state index in [1.807, 2.05) is 0 Å². The summed E-state index contributed by atoms with van der Waals surface area (Å²) < 4.78 is 0. The summed E-state index contributed by atoms with van der Waals surface area (Å²) in [4.78, 5) is 14.6. The molecule has 0 bridgehead atoms. The van der Waals surface area contributed by atoms with E-state index in [-0.39, 0.29) is 5.69 Å². The molecule has 5 heteroatoms. The molecule has 2 N–H and O–H groups in total. The number of aromatic carboxylic acids is 1. The third-order valence-electron chi connectivity index (χ3n) is 2.27. The molecule has 0 aliphatic rings. The van der Waals surface area contributed by atoms with E-state index in [0.717, 1.165) is 12.8 Å². The second-order valence-corrected chi connectivity index (χ2v) is 5.22. The lowest BCUT2D eigenvalue weighted by Gasteiger charge is -2.13. The Bertz CT molecular complexity index is 350. The SMILES string of the molecule is CC(C)CCC(C)Nc1nc(C(=O)O)cs1. The summed E-state index contributed by atoms with van der Waals surface area (Å²) in [5.74, 6) is -0.283. The zero-order valence-electron chi connectivity index (χ0n) is 9.86. The van der Waals surface area contributed by atoms with E-state index in [9.17, 15) is 4.79 Å². The highest BCUT2D eigenvalue weighted by molar-refractivity contribution is 7.13. The Kier molecular flexibility index (Phi) is 4.73. The summed E-state index contributed by atoms with van der Waals surface area (Å²) in [5, 5.41) is 14.2. The summed E-state index contributed by atoms with van der Waals surface area (Å²) in [6, 6.07) is 0.329. The maximum atomic E-state index is 10.6. The van der Waals surface area contributed by atoms with Gasteiger partial charge in [-0.3, -0.25) is 0 Å². The fourth-order valence-electron chi connectivity index (χ4n) is 1.30. The molecule has 0 saturated heterocycles. The minimum absolute atomic E-state index is 0.114. The minimum Gasteiger partial charge on any atom is -0.476 e. The van der Waals surface area contributed by atoms with Gasteiger partial charge in [0.2, 0.25) is 0 Å². The van der Waals surface area contributed by atoms with Crippen molar-refractivity contribution < 1.29 is 9.90 Å². The lowest BCUT2D eigenvalue weighted by atomic mass is 10.0. The fourth-order valence-corrected chi connectivity index (χ4v) is 2.10. The second-order valence-electron chi connectivity index (χ2n) is 4.36. The van der Waals surface area contributed by atoms with Crippen molar-refractivity contribution in [3.8, 4) is 0 Å². The molecule has 1 aromatic heterocycles. The number of anilines is 1. The van der Waals surface area contributed by atoms with Crippen LogP contribution >= 0.6 is 11.3 Å². The van der Waals surface area contributed by atoms with E-state index in [4.69, 9.17) is 5.11 Å². The molecule has 0 aliphatic heterocycles. The van der Waals surface area contributed by atoms with E-state index in [1.54, 1.807) is 5.38 Å². The lowest BCUT2D eigenvalue weighted by molar-refractivity contribution is 0.0691. The van der Waals surface area contributed by atoms with Gasteiger partial charge >= 0.3 is 5.97 Å². The molecule has 1 heterocycles. The zero-order valence-corrected chi connectivity index (χ0v) is 10.7. The first-order chi connectivity index (χ1) is 7.49. The molecule has 0 aliphatic carbocycles. The number of carbonyl (C=O) groups is 1. The monoisotopic (exact) mass is 242 g/mol. The molecular weight excluding hydrogens is 224 g/mol. The van der Waals surface area contributed by atoms with Crippen molar-refractivity contribution in [2.75, 3.05) is 5.32 Å².